The molecule has 0 saturated carbocycles. The second-order valence-corrected chi connectivity index (χ2v) is 8.23. The van der Waals surface area contributed by atoms with E-state index in [0.717, 1.165) is 12.8 Å². The third-order valence-electron chi connectivity index (χ3n) is 5.95. The maximum Gasteiger partial charge on any atom is 0.310 e. The van der Waals surface area contributed by atoms with Gasteiger partial charge in [0.2, 0.25) is 0 Å². The quantitative estimate of drug-likeness (QED) is 0.779. The molecule has 3 heteroatoms. The Hall–Kier alpha value is -1.35. The van der Waals surface area contributed by atoms with E-state index in [1.54, 1.807) is 0 Å². The highest BCUT2D eigenvalue weighted by molar-refractivity contribution is 5.75. The van der Waals surface area contributed by atoms with Gasteiger partial charge >= 0.3 is 5.97 Å². The Kier molecular flexibility index (Phi) is 4.26. The van der Waals surface area contributed by atoms with Crippen molar-refractivity contribution in [3.8, 4) is 0 Å². The van der Waals surface area contributed by atoms with Gasteiger partial charge in [-0.15, -0.1) is 0 Å². The first-order valence-corrected chi connectivity index (χ1v) is 8.73. The van der Waals surface area contributed by atoms with Gasteiger partial charge in [-0.1, -0.05) is 45.0 Å². The molecule has 0 aliphatic carbocycles. The largest absolute Gasteiger partial charge is 0.469 e. The van der Waals surface area contributed by atoms with Gasteiger partial charge in [-0.2, -0.15) is 0 Å². The minimum Gasteiger partial charge on any atom is -0.469 e. The molecule has 3 rings (SSSR count). The number of carbonyl (C=O) groups excluding carboxylic acids is 1. The van der Waals surface area contributed by atoms with Gasteiger partial charge in [0.15, 0.2) is 0 Å². The maximum absolute atomic E-state index is 12.5. The topological polar surface area (TPSA) is 29.5 Å². The lowest BCUT2D eigenvalue weighted by atomic mass is 9.75. The number of ether oxygens (including phenoxy) is 1. The Morgan fingerprint density at radius 3 is 2.39 bits per heavy atom. The molecule has 2 bridgehead atoms. The van der Waals surface area contributed by atoms with E-state index >= 15 is 0 Å². The molecule has 3 nitrogen and oxygen atoms in total. The van der Waals surface area contributed by atoms with Crippen molar-refractivity contribution in [1.82, 2.24) is 4.90 Å². The summed E-state index contributed by atoms with van der Waals surface area (Å²) in [6, 6.07) is 9.84. The monoisotopic (exact) mass is 315 g/mol. The summed E-state index contributed by atoms with van der Waals surface area (Å²) in [5.41, 5.74) is 2.79. The van der Waals surface area contributed by atoms with Crippen LogP contribution in [-0.2, 0) is 14.9 Å². The molecule has 0 radical (unpaired) electrons. The number of carbonyl (C=O) groups is 1. The van der Waals surface area contributed by atoms with Crippen LogP contribution >= 0.6 is 0 Å². The van der Waals surface area contributed by atoms with Crippen LogP contribution in [0.2, 0.25) is 0 Å². The first-order valence-electron chi connectivity index (χ1n) is 8.73. The summed E-state index contributed by atoms with van der Waals surface area (Å²) in [5.74, 6) is 0.196. The molecule has 1 unspecified atom stereocenters. The summed E-state index contributed by atoms with van der Waals surface area (Å²) in [6.07, 6.45) is 3.37. The predicted molar refractivity (Wildman–Crippen MR) is 92.6 cm³/mol. The lowest BCUT2D eigenvalue weighted by Gasteiger charge is -2.41. The molecule has 2 fully saturated rings. The number of rotatable bonds is 2. The molecular weight excluding hydrogens is 286 g/mol. The average molecular weight is 315 g/mol. The molecule has 0 spiro atoms. The Bertz CT molecular complexity index is 572. The number of hydrogen-bond donors (Lipinski definition) is 0. The highest BCUT2D eigenvalue weighted by atomic mass is 16.5. The third kappa shape index (κ3) is 2.91. The number of methoxy groups -OCH3 is 1. The zero-order valence-corrected chi connectivity index (χ0v) is 15.0. The summed E-state index contributed by atoms with van der Waals surface area (Å²) in [5, 5.41) is 0. The van der Waals surface area contributed by atoms with Gasteiger partial charge in [0.25, 0.3) is 0 Å². The van der Waals surface area contributed by atoms with Crippen molar-refractivity contribution in [1.29, 1.82) is 0 Å². The molecule has 23 heavy (non-hydrogen) atoms. The molecule has 2 heterocycles. The molecule has 126 valence electrons. The number of hydrogen-bond acceptors (Lipinski definition) is 3. The van der Waals surface area contributed by atoms with Crippen molar-refractivity contribution in [3.63, 3.8) is 0 Å². The Morgan fingerprint density at radius 2 is 1.83 bits per heavy atom. The second-order valence-electron chi connectivity index (χ2n) is 8.23. The second kappa shape index (κ2) is 5.94. The number of esters is 1. The molecule has 0 amide bonds. The first kappa shape index (κ1) is 16.5. The SMILES string of the molecule is COC(=O)[C@@H]1C2CC[C@H](C[C@@H]1c1ccc(C(C)(C)C)cc1)N2C. The zero-order chi connectivity index (χ0) is 16.8. The van der Waals surface area contributed by atoms with E-state index in [4.69, 9.17) is 4.74 Å². The van der Waals surface area contributed by atoms with Crippen LogP contribution in [0.1, 0.15) is 57.1 Å². The van der Waals surface area contributed by atoms with Crippen LogP contribution in [0.4, 0.5) is 0 Å². The normalized spacial score (nSPS) is 31.2. The maximum atomic E-state index is 12.5. The van der Waals surface area contributed by atoms with Crippen LogP contribution in [0.3, 0.4) is 0 Å². The van der Waals surface area contributed by atoms with E-state index in [0.29, 0.717) is 12.1 Å². The third-order valence-corrected chi connectivity index (χ3v) is 5.95. The van der Waals surface area contributed by atoms with Gasteiger partial charge in [0.05, 0.1) is 13.0 Å². The molecular formula is C20H29NO2. The Labute approximate surface area is 140 Å². The highest BCUT2D eigenvalue weighted by Crippen LogP contribution is 2.46. The number of piperidine rings is 1. The van der Waals surface area contributed by atoms with E-state index in [1.807, 2.05) is 0 Å². The number of fused-ring (bicyclic) bond motifs is 2. The van der Waals surface area contributed by atoms with E-state index < -0.39 is 0 Å². The van der Waals surface area contributed by atoms with Crippen LogP contribution in [0.15, 0.2) is 24.3 Å². The zero-order valence-electron chi connectivity index (χ0n) is 15.0. The molecule has 2 saturated heterocycles. The van der Waals surface area contributed by atoms with Crippen LogP contribution in [0.25, 0.3) is 0 Å². The van der Waals surface area contributed by atoms with Crippen LogP contribution in [0, 0.1) is 5.92 Å². The Balaban J connectivity index is 1.92. The van der Waals surface area contributed by atoms with E-state index in [1.165, 1.54) is 24.7 Å². The van der Waals surface area contributed by atoms with Crippen molar-refractivity contribution >= 4 is 5.97 Å². The first-order chi connectivity index (χ1) is 10.8. The lowest BCUT2D eigenvalue weighted by Crippen LogP contribution is -2.49. The van der Waals surface area contributed by atoms with Gasteiger partial charge < -0.3 is 4.74 Å². The van der Waals surface area contributed by atoms with Gasteiger partial charge in [0.1, 0.15) is 0 Å². The van der Waals surface area contributed by atoms with E-state index in [2.05, 4.69) is 57.0 Å². The number of nitrogens with zero attached hydrogens (tertiary/aromatic N) is 1. The lowest BCUT2D eigenvalue weighted by molar-refractivity contribution is -0.150. The molecule has 1 aromatic rings. The summed E-state index contributed by atoms with van der Waals surface area (Å²) in [7, 11) is 3.68. The van der Waals surface area contributed by atoms with Crippen molar-refractivity contribution in [2.45, 2.75) is 63.5 Å². The smallest absolute Gasteiger partial charge is 0.310 e. The van der Waals surface area contributed by atoms with E-state index in [9.17, 15) is 4.79 Å². The average Bonchev–Trinajstić information content (AvgIpc) is 2.75. The van der Waals surface area contributed by atoms with Gasteiger partial charge in [-0.25, -0.2) is 0 Å². The molecule has 0 aromatic heterocycles. The van der Waals surface area contributed by atoms with Gasteiger partial charge in [0, 0.05) is 18.0 Å². The van der Waals surface area contributed by atoms with Crippen LogP contribution in [-0.4, -0.2) is 37.1 Å². The fourth-order valence-corrected chi connectivity index (χ4v) is 4.50. The summed E-state index contributed by atoms with van der Waals surface area (Å²) in [6.45, 7) is 6.69. The fourth-order valence-electron chi connectivity index (χ4n) is 4.50. The molecule has 2 aliphatic heterocycles. The molecule has 4 atom stereocenters. The molecule has 0 N–H and O–H groups in total. The van der Waals surface area contributed by atoms with Crippen LogP contribution in [0.5, 0.6) is 0 Å². The standard InChI is InChI=1S/C20H29NO2/c1-20(2,3)14-8-6-13(7-9-14)16-12-15-10-11-17(21(15)4)18(16)19(22)23-5/h6-9,15-18H,10-12H2,1-5H3/t15-,16-,17?,18+/m1/s1. The van der Waals surface area contributed by atoms with Gasteiger partial charge in [-0.05, 0) is 42.9 Å². The fraction of sp³-hybridized carbons (Fsp3) is 0.650. The van der Waals surface area contributed by atoms with Gasteiger partial charge in [-0.3, -0.25) is 9.69 Å². The molecule has 2 aliphatic rings. The van der Waals surface area contributed by atoms with Crippen molar-refractivity contribution < 1.29 is 9.53 Å². The molecule has 1 aromatic carbocycles. The van der Waals surface area contributed by atoms with Crippen molar-refractivity contribution in [2.75, 3.05) is 14.2 Å². The summed E-state index contributed by atoms with van der Waals surface area (Å²) < 4.78 is 5.15. The summed E-state index contributed by atoms with van der Waals surface area (Å²) >= 11 is 0. The minimum absolute atomic E-state index is 0.0377. The summed E-state index contributed by atoms with van der Waals surface area (Å²) in [4.78, 5) is 14.9. The number of benzene rings is 1. The highest BCUT2D eigenvalue weighted by Gasteiger charge is 2.49. The van der Waals surface area contributed by atoms with Crippen LogP contribution < -0.4 is 0 Å². The van der Waals surface area contributed by atoms with E-state index in [-0.39, 0.29) is 23.2 Å². The van der Waals surface area contributed by atoms with Crippen molar-refractivity contribution in [2.24, 2.45) is 5.92 Å². The van der Waals surface area contributed by atoms with Crippen molar-refractivity contribution in [3.05, 3.63) is 35.4 Å². The predicted octanol–water partition coefficient (Wildman–Crippen LogP) is 3.72. The minimum atomic E-state index is -0.0490. The Morgan fingerprint density at radius 1 is 1.17 bits per heavy atom.